The van der Waals surface area contributed by atoms with Crippen LogP contribution in [0, 0.1) is 0 Å². The van der Waals surface area contributed by atoms with Crippen molar-refractivity contribution < 1.29 is 9.59 Å². The summed E-state index contributed by atoms with van der Waals surface area (Å²) < 4.78 is 0. The smallest absolute Gasteiger partial charge is 0.211 e. The van der Waals surface area contributed by atoms with Crippen molar-refractivity contribution >= 4 is 23.5 Å². The van der Waals surface area contributed by atoms with E-state index in [0.717, 1.165) is 18.4 Å². The molecule has 0 aliphatic heterocycles. The lowest BCUT2D eigenvalue weighted by atomic mass is 10.0. The van der Waals surface area contributed by atoms with Gasteiger partial charge in [0.25, 0.3) is 0 Å². The quantitative estimate of drug-likeness (QED) is 0.250. The van der Waals surface area contributed by atoms with E-state index < -0.39 is 0 Å². The average Bonchev–Trinajstić information content (AvgIpc) is 2.59. The summed E-state index contributed by atoms with van der Waals surface area (Å²) in [5.74, 6) is 0. The van der Waals surface area contributed by atoms with Gasteiger partial charge in [-0.3, -0.25) is 0 Å². The third kappa shape index (κ3) is 8.57. The van der Waals surface area contributed by atoms with Crippen LogP contribution in [0.15, 0.2) is 28.2 Å². The van der Waals surface area contributed by atoms with Crippen molar-refractivity contribution in [1.82, 2.24) is 0 Å². The Morgan fingerprint density at radius 1 is 0.792 bits per heavy atom. The molecule has 0 fully saturated rings. The van der Waals surface area contributed by atoms with Gasteiger partial charge in [0.1, 0.15) is 0 Å². The van der Waals surface area contributed by atoms with E-state index in [1.807, 2.05) is 0 Å². The van der Waals surface area contributed by atoms with Crippen LogP contribution in [-0.4, -0.2) is 12.2 Å². The number of unbranched alkanes of at least 4 members (excludes halogenated alkanes) is 9. The number of rotatable bonds is 13. The van der Waals surface area contributed by atoms with Gasteiger partial charge in [-0.05, 0) is 36.6 Å². The van der Waals surface area contributed by atoms with Crippen molar-refractivity contribution in [1.29, 1.82) is 0 Å². The van der Waals surface area contributed by atoms with E-state index in [2.05, 4.69) is 16.9 Å². The molecule has 0 aliphatic rings. The highest BCUT2D eigenvalue weighted by molar-refractivity contribution is 5.60. The van der Waals surface area contributed by atoms with Gasteiger partial charge >= 0.3 is 0 Å². The van der Waals surface area contributed by atoms with Gasteiger partial charge in [0.05, 0.1) is 11.4 Å². The van der Waals surface area contributed by atoms with Crippen LogP contribution in [0.25, 0.3) is 0 Å². The predicted octanol–water partition coefficient (Wildman–Crippen LogP) is 6.08. The number of isocyanates is 2. The number of carbonyl (C=O) groups excluding carboxylic acids is 2. The maximum atomic E-state index is 10.5. The number of aryl methyl sites for hydroxylation is 1. The van der Waals surface area contributed by atoms with Gasteiger partial charge in [0, 0.05) is 0 Å². The van der Waals surface area contributed by atoms with E-state index >= 15 is 0 Å². The zero-order valence-electron chi connectivity index (χ0n) is 14.7. The van der Waals surface area contributed by atoms with Crippen molar-refractivity contribution in [2.45, 2.75) is 77.6 Å². The first kappa shape index (κ1) is 20.0. The summed E-state index contributed by atoms with van der Waals surface area (Å²) in [7, 11) is 0. The molecule has 0 aliphatic carbocycles. The lowest BCUT2D eigenvalue weighted by molar-refractivity contribution is 0.556. The molecular weight excluding hydrogens is 300 g/mol. The van der Waals surface area contributed by atoms with Crippen molar-refractivity contribution in [3.63, 3.8) is 0 Å². The summed E-state index contributed by atoms with van der Waals surface area (Å²) in [4.78, 5) is 28.2. The van der Waals surface area contributed by atoms with Crippen LogP contribution in [0.5, 0.6) is 0 Å². The van der Waals surface area contributed by atoms with Crippen LogP contribution in [0.2, 0.25) is 0 Å². The number of benzene rings is 1. The summed E-state index contributed by atoms with van der Waals surface area (Å²) in [5.41, 5.74) is 2.11. The molecule has 0 unspecified atom stereocenters. The fourth-order valence-corrected chi connectivity index (χ4v) is 2.86. The molecule has 0 amide bonds. The minimum atomic E-state index is 0.553. The van der Waals surface area contributed by atoms with Gasteiger partial charge in [0.15, 0.2) is 0 Å². The van der Waals surface area contributed by atoms with E-state index in [4.69, 9.17) is 0 Å². The van der Waals surface area contributed by atoms with Crippen LogP contribution >= 0.6 is 0 Å². The van der Waals surface area contributed by atoms with Crippen LogP contribution < -0.4 is 0 Å². The molecule has 0 aromatic heterocycles. The Morgan fingerprint density at radius 2 is 1.38 bits per heavy atom. The Balaban J connectivity index is 2.29. The largest absolute Gasteiger partial charge is 0.240 e. The van der Waals surface area contributed by atoms with Gasteiger partial charge in [-0.25, -0.2) is 9.59 Å². The molecule has 1 rings (SSSR count). The molecule has 0 saturated carbocycles. The van der Waals surface area contributed by atoms with Gasteiger partial charge in [-0.2, -0.15) is 9.98 Å². The summed E-state index contributed by atoms with van der Waals surface area (Å²) in [6, 6.07) is 5.16. The van der Waals surface area contributed by atoms with Crippen LogP contribution in [0.4, 0.5) is 11.4 Å². The minimum Gasteiger partial charge on any atom is -0.211 e. The van der Waals surface area contributed by atoms with Crippen LogP contribution in [0.3, 0.4) is 0 Å². The highest BCUT2D eigenvalue weighted by Crippen LogP contribution is 2.26. The molecule has 4 nitrogen and oxygen atoms in total. The average molecular weight is 328 g/mol. The normalized spacial score (nSPS) is 10.0. The Hall–Kier alpha value is -2.02. The van der Waals surface area contributed by atoms with E-state index in [9.17, 15) is 9.59 Å². The molecule has 0 heterocycles. The Kier molecular flexibility index (Phi) is 11.2. The van der Waals surface area contributed by atoms with Crippen molar-refractivity contribution in [2.24, 2.45) is 9.98 Å². The van der Waals surface area contributed by atoms with E-state index in [0.29, 0.717) is 11.4 Å². The summed E-state index contributed by atoms with van der Waals surface area (Å²) >= 11 is 0. The van der Waals surface area contributed by atoms with Gasteiger partial charge in [0.2, 0.25) is 12.2 Å². The molecule has 0 saturated heterocycles. The first-order chi connectivity index (χ1) is 11.8. The van der Waals surface area contributed by atoms with E-state index in [-0.39, 0.29) is 0 Å². The monoisotopic (exact) mass is 328 g/mol. The Labute approximate surface area is 145 Å². The number of nitrogens with zero attached hydrogens (tertiary/aromatic N) is 2. The number of hydrogen-bond acceptors (Lipinski definition) is 4. The highest BCUT2D eigenvalue weighted by atomic mass is 16.1. The zero-order valence-corrected chi connectivity index (χ0v) is 14.7. The van der Waals surface area contributed by atoms with Crippen LogP contribution in [-0.2, 0) is 16.0 Å². The maximum absolute atomic E-state index is 10.5. The zero-order chi connectivity index (χ0) is 17.5. The maximum Gasteiger partial charge on any atom is 0.240 e. The fourth-order valence-electron chi connectivity index (χ4n) is 2.86. The molecule has 0 atom stereocenters. The molecule has 0 radical (unpaired) electrons. The first-order valence-corrected chi connectivity index (χ1v) is 9.10. The standard InChI is InChI=1S/C20H28N2O2/c1-2-3-4-5-6-7-8-9-10-11-12-18-15-19(21-16-23)13-14-20(18)22-17-24/h13-15H,2-12H2,1H3. The second-order valence-corrected chi connectivity index (χ2v) is 6.15. The van der Waals surface area contributed by atoms with Gasteiger partial charge in [-0.15, -0.1) is 0 Å². The SMILES string of the molecule is CCCCCCCCCCCCc1cc(N=C=O)ccc1N=C=O. The van der Waals surface area contributed by atoms with Crippen molar-refractivity contribution in [3.8, 4) is 0 Å². The minimum absolute atomic E-state index is 0.553. The number of aliphatic imine (C=N–C) groups is 2. The topological polar surface area (TPSA) is 58.9 Å². The molecule has 0 bridgehead atoms. The third-order valence-corrected chi connectivity index (χ3v) is 4.20. The fraction of sp³-hybridized carbons (Fsp3) is 0.600. The molecule has 4 heteroatoms. The highest BCUT2D eigenvalue weighted by Gasteiger charge is 2.04. The summed E-state index contributed by atoms with van der Waals surface area (Å²) in [6.07, 6.45) is 16.8. The van der Waals surface area contributed by atoms with Gasteiger partial charge in [-0.1, -0.05) is 64.7 Å². The van der Waals surface area contributed by atoms with Crippen molar-refractivity contribution in [2.75, 3.05) is 0 Å². The van der Waals surface area contributed by atoms with Gasteiger partial charge < -0.3 is 0 Å². The number of hydrogen-bond donors (Lipinski definition) is 0. The molecule has 24 heavy (non-hydrogen) atoms. The molecule has 0 N–H and O–H groups in total. The first-order valence-electron chi connectivity index (χ1n) is 9.10. The Bertz CT molecular complexity index is 571. The second kappa shape index (κ2) is 13.4. The molecule has 130 valence electrons. The third-order valence-electron chi connectivity index (χ3n) is 4.20. The second-order valence-electron chi connectivity index (χ2n) is 6.15. The predicted molar refractivity (Wildman–Crippen MR) is 97.6 cm³/mol. The lowest BCUT2D eigenvalue weighted by Crippen LogP contribution is -1.88. The molecular formula is C20H28N2O2. The summed E-state index contributed by atoms with van der Waals surface area (Å²) in [5, 5.41) is 0. The lowest BCUT2D eigenvalue weighted by Gasteiger charge is -2.06. The van der Waals surface area contributed by atoms with E-state index in [1.54, 1.807) is 24.3 Å². The molecule has 0 spiro atoms. The molecule has 1 aromatic carbocycles. The van der Waals surface area contributed by atoms with E-state index in [1.165, 1.54) is 63.9 Å². The summed E-state index contributed by atoms with van der Waals surface area (Å²) in [6.45, 7) is 2.24. The van der Waals surface area contributed by atoms with Crippen molar-refractivity contribution in [3.05, 3.63) is 23.8 Å². The van der Waals surface area contributed by atoms with Crippen LogP contribution in [0.1, 0.15) is 76.7 Å². The Morgan fingerprint density at radius 3 is 1.96 bits per heavy atom. The molecule has 1 aromatic rings.